The van der Waals surface area contributed by atoms with Crippen LogP contribution in [0.3, 0.4) is 0 Å². The number of methoxy groups -OCH3 is 1. The van der Waals surface area contributed by atoms with E-state index in [1.165, 1.54) is 5.56 Å². The largest absolute Gasteiger partial charge is 0.383 e. The summed E-state index contributed by atoms with van der Waals surface area (Å²) in [4.78, 5) is 12.8. The lowest BCUT2D eigenvalue weighted by atomic mass is 10.1. The molecule has 1 aromatic heterocycles. The maximum atomic E-state index is 12.8. The first kappa shape index (κ1) is 19.8. The molecular weight excluding hydrogens is 352 g/mol. The van der Waals surface area contributed by atoms with Crippen LogP contribution in [0.25, 0.3) is 16.9 Å². The molecule has 0 aliphatic heterocycles. The van der Waals surface area contributed by atoms with Gasteiger partial charge in [0.2, 0.25) is 0 Å². The Hall–Kier alpha value is -2.96. The van der Waals surface area contributed by atoms with Gasteiger partial charge in [-0.2, -0.15) is 5.10 Å². The molecule has 6 heteroatoms. The number of hydrogen-bond donors (Lipinski definition) is 2. The van der Waals surface area contributed by atoms with Crippen molar-refractivity contribution in [3.63, 3.8) is 0 Å². The van der Waals surface area contributed by atoms with Crippen LogP contribution in [-0.2, 0) is 4.74 Å². The molecule has 28 heavy (non-hydrogen) atoms. The van der Waals surface area contributed by atoms with Crippen LogP contribution in [0.2, 0.25) is 0 Å². The van der Waals surface area contributed by atoms with Crippen molar-refractivity contribution in [2.45, 2.75) is 6.92 Å². The number of aryl methyl sites for hydroxylation is 1. The summed E-state index contributed by atoms with van der Waals surface area (Å²) >= 11 is 0. The lowest BCUT2D eigenvalue weighted by molar-refractivity contribution is 0.0954. The molecule has 1 amide bonds. The summed E-state index contributed by atoms with van der Waals surface area (Å²) in [5.74, 6) is -0.134. The average Bonchev–Trinajstić information content (AvgIpc) is 3.17. The van der Waals surface area contributed by atoms with E-state index in [1.54, 1.807) is 18.0 Å². The van der Waals surface area contributed by atoms with E-state index in [-0.39, 0.29) is 5.91 Å². The van der Waals surface area contributed by atoms with Crippen LogP contribution < -0.4 is 10.6 Å². The van der Waals surface area contributed by atoms with Gasteiger partial charge in [0.15, 0.2) is 0 Å². The maximum absolute atomic E-state index is 12.8. The fraction of sp³-hybridized carbons (Fsp3) is 0.273. The molecule has 0 saturated carbocycles. The van der Waals surface area contributed by atoms with Gasteiger partial charge in [0.05, 0.1) is 17.9 Å². The highest BCUT2D eigenvalue weighted by Gasteiger charge is 2.18. The Morgan fingerprint density at radius 3 is 2.50 bits per heavy atom. The van der Waals surface area contributed by atoms with Crippen molar-refractivity contribution in [3.05, 3.63) is 71.9 Å². The first-order valence-corrected chi connectivity index (χ1v) is 9.39. The van der Waals surface area contributed by atoms with E-state index in [4.69, 9.17) is 9.84 Å². The van der Waals surface area contributed by atoms with Gasteiger partial charge in [0, 0.05) is 38.5 Å². The Morgan fingerprint density at radius 2 is 1.79 bits per heavy atom. The summed E-state index contributed by atoms with van der Waals surface area (Å²) in [7, 11) is 1.67. The monoisotopic (exact) mass is 378 g/mol. The lowest BCUT2D eigenvalue weighted by Gasteiger charge is -2.06. The number of ether oxygens (including phenoxy) is 1. The summed E-state index contributed by atoms with van der Waals surface area (Å²) in [5.41, 5.74) is 4.24. The number of amides is 1. The number of hydrogen-bond acceptors (Lipinski definition) is 4. The molecule has 0 radical (unpaired) electrons. The van der Waals surface area contributed by atoms with Crippen LogP contribution in [0.4, 0.5) is 0 Å². The van der Waals surface area contributed by atoms with Crippen LogP contribution in [0.1, 0.15) is 15.9 Å². The molecule has 1 heterocycles. The van der Waals surface area contributed by atoms with Gasteiger partial charge in [-0.05, 0) is 19.1 Å². The minimum Gasteiger partial charge on any atom is -0.383 e. The molecule has 2 aromatic carbocycles. The Kier molecular flexibility index (Phi) is 6.94. The minimum absolute atomic E-state index is 0.134. The Balaban J connectivity index is 1.80. The molecule has 2 N–H and O–H groups in total. The molecule has 0 spiro atoms. The van der Waals surface area contributed by atoms with Crippen LogP contribution in [0.15, 0.2) is 60.8 Å². The van der Waals surface area contributed by atoms with Crippen molar-refractivity contribution in [3.8, 4) is 16.9 Å². The van der Waals surface area contributed by atoms with E-state index in [9.17, 15) is 4.79 Å². The Labute approximate surface area is 165 Å². The van der Waals surface area contributed by atoms with Gasteiger partial charge in [-0.3, -0.25) is 4.79 Å². The third kappa shape index (κ3) is 5.06. The van der Waals surface area contributed by atoms with Gasteiger partial charge < -0.3 is 15.4 Å². The van der Waals surface area contributed by atoms with Gasteiger partial charge in [0.1, 0.15) is 5.69 Å². The average molecular weight is 378 g/mol. The van der Waals surface area contributed by atoms with Crippen LogP contribution in [0, 0.1) is 6.92 Å². The second-order valence-electron chi connectivity index (χ2n) is 6.54. The third-order valence-electron chi connectivity index (χ3n) is 4.37. The number of rotatable bonds is 9. The fourth-order valence-corrected chi connectivity index (χ4v) is 2.84. The number of carbonyl (C=O) groups excluding carboxylic acids is 1. The summed E-state index contributed by atoms with van der Waals surface area (Å²) in [6.07, 6.45) is 1.79. The van der Waals surface area contributed by atoms with E-state index >= 15 is 0 Å². The van der Waals surface area contributed by atoms with Crippen LogP contribution in [-0.4, -0.2) is 49.0 Å². The highest BCUT2D eigenvalue weighted by molar-refractivity contribution is 5.99. The highest BCUT2D eigenvalue weighted by Crippen LogP contribution is 2.23. The molecule has 6 nitrogen and oxygen atoms in total. The normalized spacial score (nSPS) is 10.8. The minimum atomic E-state index is -0.134. The quantitative estimate of drug-likeness (QED) is 0.562. The molecule has 0 saturated heterocycles. The third-order valence-corrected chi connectivity index (χ3v) is 4.37. The molecule has 0 aliphatic rings. The number of aromatic nitrogens is 2. The summed E-state index contributed by atoms with van der Waals surface area (Å²) in [5, 5.41) is 10.9. The van der Waals surface area contributed by atoms with E-state index < -0.39 is 0 Å². The van der Waals surface area contributed by atoms with Gasteiger partial charge in [-0.25, -0.2) is 4.68 Å². The van der Waals surface area contributed by atoms with E-state index in [0.717, 1.165) is 17.8 Å². The first-order valence-electron chi connectivity index (χ1n) is 9.39. The zero-order chi connectivity index (χ0) is 19.8. The Bertz CT molecular complexity index is 889. The summed E-state index contributed by atoms with van der Waals surface area (Å²) < 4.78 is 6.75. The van der Waals surface area contributed by atoms with E-state index in [1.807, 2.05) is 61.5 Å². The molecule has 3 rings (SSSR count). The van der Waals surface area contributed by atoms with Gasteiger partial charge >= 0.3 is 0 Å². The molecule has 0 fully saturated rings. The topological polar surface area (TPSA) is 68.2 Å². The van der Waals surface area contributed by atoms with Gasteiger partial charge in [-0.1, -0.05) is 48.0 Å². The highest BCUT2D eigenvalue weighted by atomic mass is 16.5. The molecule has 0 aliphatic carbocycles. The molecule has 146 valence electrons. The maximum Gasteiger partial charge on any atom is 0.255 e. The predicted octanol–water partition coefficient (Wildman–Crippen LogP) is 2.81. The van der Waals surface area contributed by atoms with Crippen molar-refractivity contribution in [2.24, 2.45) is 0 Å². The van der Waals surface area contributed by atoms with E-state index in [2.05, 4.69) is 10.6 Å². The summed E-state index contributed by atoms with van der Waals surface area (Å²) in [6.45, 7) is 4.67. The van der Waals surface area contributed by atoms with Crippen molar-refractivity contribution < 1.29 is 9.53 Å². The zero-order valence-corrected chi connectivity index (χ0v) is 16.3. The number of carbonyl (C=O) groups is 1. The van der Waals surface area contributed by atoms with Crippen molar-refractivity contribution in [1.82, 2.24) is 20.4 Å². The second-order valence-corrected chi connectivity index (χ2v) is 6.54. The van der Waals surface area contributed by atoms with Gasteiger partial charge in [-0.15, -0.1) is 0 Å². The van der Waals surface area contributed by atoms with Gasteiger partial charge in [0.25, 0.3) is 5.91 Å². The Morgan fingerprint density at radius 1 is 1.04 bits per heavy atom. The SMILES string of the molecule is COCCNCCNC(=O)c1cn(-c2ccc(C)cc2)nc1-c1ccccc1. The van der Waals surface area contributed by atoms with Crippen LogP contribution >= 0.6 is 0 Å². The van der Waals surface area contributed by atoms with Crippen LogP contribution in [0.5, 0.6) is 0 Å². The molecule has 0 atom stereocenters. The first-order chi connectivity index (χ1) is 13.7. The fourth-order valence-electron chi connectivity index (χ4n) is 2.84. The number of nitrogens with zero attached hydrogens (tertiary/aromatic N) is 2. The van der Waals surface area contributed by atoms with Crippen molar-refractivity contribution in [2.75, 3.05) is 33.4 Å². The summed E-state index contributed by atoms with van der Waals surface area (Å²) in [6, 6.07) is 17.8. The number of benzene rings is 2. The second kappa shape index (κ2) is 9.82. The molecule has 0 unspecified atom stereocenters. The molecule has 0 bridgehead atoms. The lowest BCUT2D eigenvalue weighted by Crippen LogP contribution is -2.33. The standard InChI is InChI=1S/C22H26N4O2/c1-17-8-10-19(11-9-17)26-16-20(21(25-26)18-6-4-3-5-7-18)22(27)24-13-12-23-14-15-28-2/h3-11,16,23H,12-15H2,1-2H3,(H,24,27). The van der Waals surface area contributed by atoms with Crippen molar-refractivity contribution in [1.29, 1.82) is 0 Å². The predicted molar refractivity (Wildman–Crippen MR) is 111 cm³/mol. The van der Waals surface area contributed by atoms with Crippen molar-refractivity contribution >= 4 is 5.91 Å². The zero-order valence-electron chi connectivity index (χ0n) is 16.3. The number of nitrogens with one attached hydrogen (secondary N) is 2. The molecular formula is C22H26N4O2. The van der Waals surface area contributed by atoms with E-state index in [0.29, 0.717) is 31.0 Å². The smallest absolute Gasteiger partial charge is 0.255 e. The molecule has 3 aromatic rings.